The fraction of sp³-hybridized carbons (Fsp3) is 0.368. The van der Waals surface area contributed by atoms with Crippen LogP contribution in [0.5, 0.6) is 0 Å². The molecule has 1 amide bonds. The van der Waals surface area contributed by atoms with Crippen LogP contribution >= 0.6 is 22.7 Å². The summed E-state index contributed by atoms with van der Waals surface area (Å²) in [7, 11) is 3.96. The summed E-state index contributed by atoms with van der Waals surface area (Å²) in [4.78, 5) is 30.9. The molecule has 7 heteroatoms. The molecule has 2 aromatic rings. The summed E-state index contributed by atoms with van der Waals surface area (Å²) < 4.78 is 0. The Bertz CT molecular complexity index is 837. The van der Waals surface area contributed by atoms with Crippen LogP contribution < -0.4 is 0 Å². The van der Waals surface area contributed by atoms with E-state index in [1.807, 2.05) is 37.8 Å². The van der Waals surface area contributed by atoms with Crippen molar-refractivity contribution in [1.82, 2.24) is 9.80 Å². The number of hydrogen-bond acceptors (Lipinski definition) is 6. The van der Waals surface area contributed by atoms with E-state index >= 15 is 0 Å². The zero-order valence-corrected chi connectivity index (χ0v) is 16.7. The topological polar surface area (TPSA) is 60.9 Å². The summed E-state index contributed by atoms with van der Waals surface area (Å²) in [5.74, 6) is -1.13. The Kier molecular flexibility index (Phi) is 5.60. The van der Waals surface area contributed by atoms with Crippen molar-refractivity contribution < 1.29 is 14.7 Å². The maximum atomic E-state index is 13.0. The number of carbonyl (C=O) groups is 2. The van der Waals surface area contributed by atoms with Crippen LogP contribution in [0, 0.1) is 6.92 Å². The van der Waals surface area contributed by atoms with Gasteiger partial charge < -0.3 is 14.9 Å². The Morgan fingerprint density at radius 1 is 1.27 bits per heavy atom. The molecule has 1 N–H and O–H groups in total. The minimum Gasteiger partial charge on any atom is -0.503 e. The number of rotatable bonds is 7. The average Bonchev–Trinajstić information content (AvgIpc) is 3.31. The lowest BCUT2D eigenvalue weighted by Crippen LogP contribution is -2.33. The van der Waals surface area contributed by atoms with Gasteiger partial charge in [-0.2, -0.15) is 0 Å². The number of nitrogens with zero attached hydrogens (tertiary/aromatic N) is 2. The highest BCUT2D eigenvalue weighted by Gasteiger charge is 2.44. The van der Waals surface area contributed by atoms with Crippen molar-refractivity contribution in [1.29, 1.82) is 0 Å². The fourth-order valence-corrected chi connectivity index (χ4v) is 4.88. The lowest BCUT2D eigenvalue weighted by atomic mass is 9.99. The summed E-state index contributed by atoms with van der Waals surface area (Å²) in [5, 5.41) is 14.3. The molecular weight excluding hydrogens is 368 g/mol. The molecule has 0 fully saturated rings. The third-order valence-corrected chi connectivity index (χ3v) is 6.39. The third kappa shape index (κ3) is 3.47. The first-order chi connectivity index (χ1) is 12.4. The summed E-state index contributed by atoms with van der Waals surface area (Å²) in [6.07, 6.45) is 0.771. The standard InChI is InChI=1S/C19H22N2O3S2/c1-12-7-11-26-18(12)15-14(16(22)13-6-4-10-25-13)17(23)19(24)21(15)9-5-8-20(2)3/h4,6-7,10-11,15,23H,5,8-9H2,1-3H3. The number of aliphatic hydroxyl groups is 1. The quantitative estimate of drug-likeness (QED) is 0.733. The largest absolute Gasteiger partial charge is 0.503 e. The van der Waals surface area contributed by atoms with E-state index in [2.05, 4.69) is 4.90 Å². The van der Waals surface area contributed by atoms with Gasteiger partial charge in [-0.15, -0.1) is 22.7 Å². The highest BCUT2D eigenvalue weighted by molar-refractivity contribution is 7.12. The number of Topliss-reactive ketones (excluding diaryl/α,β-unsaturated/α-hetero) is 1. The van der Waals surface area contributed by atoms with Crippen LogP contribution in [0.3, 0.4) is 0 Å². The van der Waals surface area contributed by atoms with E-state index in [9.17, 15) is 14.7 Å². The van der Waals surface area contributed by atoms with Gasteiger partial charge in [0.2, 0.25) is 5.78 Å². The Hall–Kier alpha value is -1.96. The number of ketones is 1. The van der Waals surface area contributed by atoms with Gasteiger partial charge in [-0.3, -0.25) is 9.59 Å². The molecule has 3 heterocycles. The second-order valence-corrected chi connectivity index (χ2v) is 8.49. The molecule has 1 unspecified atom stereocenters. The van der Waals surface area contributed by atoms with E-state index in [-0.39, 0.29) is 11.4 Å². The summed E-state index contributed by atoms with van der Waals surface area (Å²) >= 11 is 2.83. The lowest BCUT2D eigenvalue weighted by molar-refractivity contribution is -0.129. The van der Waals surface area contributed by atoms with Gasteiger partial charge in [0.05, 0.1) is 16.5 Å². The summed E-state index contributed by atoms with van der Waals surface area (Å²) in [6.45, 7) is 3.29. The minimum atomic E-state index is -0.515. The molecule has 0 bridgehead atoms. The number of amides is 1. The van der Waals surface area contributed by atoms with Crippen molar-refractivity contribution in [3.8, 4) is 0 Å². The first-order valence-electron chi connectivity index (χ1n) is 8.42. The van der Waals surface area contributed by atoms with Crippen LogP contribution in [-0.2, 0) is 4.79 Å². The van der Waals surface area contributed by atoms with Crippen molar-refractivity contribution in [3.63, 3.8) is 0 Å². The normalized spacial score (nSPS) is 17.6. The maximum absolute atomic E-state index is 13.0. The summed E-state index contributed by atoms with van der Waals surface area (Å²) in [6, 6.07) is 4.99. The van der Waals surface area contributed by atoms with Crippen LogP contribution in [0.25, 0.3) is 0 Å². The molecule has 2 aromatic heterocycles. The lowest BCUT2D eigenvalue weighted by Gasteiger charge is -2.26. The number of aliphatic hydroxyl groups excluding tert-OH is 1. The predicted molar refractivity (Wildman–Crippen MR) is 105 cm³/mol. The second-order valence-electron chi connectivity index (χ2n) is 6.59. The maximum Gasteiger partial charge on any atom is 0.290 e. The van der Waals surface area contributed by atoms with E-state index in [0.717, 1.165) is 23.4 Å². The molecule has 138 valence electrons. The molecule has 1 aliphatic heterocycles. The van der Waals surface area contributed by atoms with Gasteiger partial charge in [0.25, 0.3) is 5.91 Å². The van der Waals surface area contributed by atoms with Gasteiger partial charge >= 0.3 is 0 Å². The molecule has 5 nitrogen and oxygen atoms in total. The van der Waals surface area contributed by atoms with Crippen molar-refractivity contribution in [3.05, 3.63) is 55.6 Å². The zero-order chi connectivity index (χ0) is 18.8. The van der Waals surface area contributed by atoms with Crippen LogP contribution in [-0.4, -0.2) is 53.8 Å². The van der Waals surface area contributed by atoms with Crippen LogP contribution in [0.1, 0.15) is 32.6 Å². The molecular formula is C19H22N2O3S2. The van der Waals surface area contributed by atoms with Gasteiger partial charge in [-0.05, 0) is 62.4 Å². The van der Waals surface area contributed by atoms with Crippen molar-refractivity contribution in [2.24, 2.45) is 0 Å². The van der Waals surface area contributed by atoms with Gasteiger partial charge in [0, 0.05) is 11.4 Å². The number of thiophene rings is 2. The molecule has 0 saturated carbocycles. The highest BCUT2D eigenvalue weighted by Crippen LogP contribution is 2.42. The monoisotopic (exact) mass is 390 g/mol. The molecule has 0 saturated heterocycles. The van der Waals surface area contributed by atoms with E-state index in [0.29, 0.717) is 11.4 Å². The first kappa shape index (κ1) is 18.8. The van der Waals surface area contributed by atoms with Gasteiger partial charge in [-0.1, -0.05) is 6.07 Å². The van der Waals surface area contributed by atoms with Crippen molar-refractivity contribution in [2.45, 2.75) is 19.4 Å². The number of hydrogen-bond donors (Lipinski definition) is 1. The fourth-order valence-electron chi connectivity index (χ4n) is 3.15. The van der Waals surface area contributed by atoms with E-state index < -0.39 is 17.7 Å². The van der Waals surface area contributed by atoms with Crippen LogP contribution in [0.2, 0.25) is 0 Å². The second kappa shape index (κ2) is 7.73. The van der Waals surface area contributed by atoms with Gasteiger partial charge in [-0.25, -0.2) is 0 Å². The van der Waals surface area contributed by atoms with E-state index in [1.165, 1.54) is 22.7 Å². The molecule has 0 radical (unpaired) electrons. The Labute approximate surface area is 161 Å². The summed E-state index contributed by atoms with van der Waals surface area (Å²) in [5.41, 5.74) is 1.23. The smallest absolute Gasteiger partial charge is 0.290 e. The highest BCUT2D eigenvalue weighted by atomic mass is 32.1. The van der Waals surface area contributed by atoms with Crippen LogP contribution in [0.15, 0.2) is 40.3 Å². The third-order valence-electron chi connectivity index (χ3n) is 4.45. The van der Waals surface area contributed by atoms with Crippen LogP contribution in [0.4, 0.5) is 0 Å². The van der Waals surface area contributed by atoms with E-state index in [4.69, 9.17) is 0 Å². The minimum absolute atomic E-state index is 0.202. The Morgan fingerprint density at radius 3 is 2.62 bits per heavy atom. The number of carbonyl (C=O) groups excluding carboxylic acids is 2. The van der Waals surface area contributed by atoms with E-state index in [1.54, 1.807) is 17.0 Å². The molecule has 1 aliphatic rings. The van der Waals surface area contributed by atoms with Crippen molar-refractivity contribution in [2.75, 3.05) is 27.2 Å². The molecule has 26 heavy (non-hydrogen) atoms. The van der Waals surface area contributed by atoms with Gasteiger partial charge in [0.15, 0.2) is 5.76 Å². The van der Waals surface area contributed by atoms with Gasteiger partial charge in [0.1, 0.15) is 0 Å². The Balaban J connectivity index is 1.99. The van der Waals surface area contributed by atoms with Crippen molar-refractivity contribution >= 4 is 34.4 Å². The molecule has 0 spiro atoms. The molecule has 3 rings (SSSR count). The predicted octanol–water partition coefficient (Wildman–Crippen LogP) is 3.65. The SMILES string of the molecule is Cc1ccsc1C1C(C(=O)c2cccs2)=C(O)C(=O)N1CCCN(C)C. The molecule has 0 aromatic carbocycles. The average molecular weight is 391 g/mol. The molecule has 0 aliphatic carbocycles. The Morgan fingerprint density at radius 2 is 2.04 bits per heavy atom. The number of aryl methyl sites for hydroxylation is 1. The first-order valence-corrected chi connectivity index (χ1v) is 10.2. The molecule has 1 atom stereocenters. The zero-order valence-electron chi connectivity index (χ0n) is 15.1.